The number of aromatic amines is 1. The smallest absolute Gasteiger partial charge is 0.330 e. The normalized spacial score (nSPS) is 26.7. The summed E-state index contributed by atoms with van der Waals surface area (Å²) in [5.74, 6) is -2.40. The van der Waals surface area contributed by atoms with Crippen LogP contribution in [0.5, 0.6) is 0 Å². The van der Waals surface area contributed by atoms with Crippen LogP contribution in [0.15, 0.2) is 15.8 Å². The number of aromatic nitrogens is 2. The van der Waals surface area contributed by atoms with Crippen molar-refractivity contribution in [3.8, 4) is 6.07 Å². The number of nitrogens with zero attached hydrogens (tertiary/aromatic N) is 4. The number of nitrogens with one attached hydrogen (secondary N) is 1. The molecule has 0 spiro atoms. The Bertz CT molecular complexity index is 1610. The van der Waals surface area contributed by atoms with Gasteiger partial charge < -0.3 is 37.5 Å². The average Bonchev–Trinajstić information content (AvgIpc) is 3.11. The van der Waals surface area contributed by atoms with Gasteiger partial charge in [-0.05, 0) is 47.9 Å². The monoisotopic (exact) mass is 800 g/mol. The van der Waals surface area contributed by atoms with Crippen molar-refractivity contribution in [2.45, 2.75) is 131 Å². The molecule has 0 amide bonds. The first-order valence-electron chi connectivity index (χ1n) is 19.1. The van der Waals surface area contributed by atoms with Gasteiger partial charge in [-0.2, -0.15) is 5.26 Å². The summed E-state index contributed by atoms with van der Waals surface area (Å²) >= 11 is 0. The first-order chi connectivity index (χ1) is 26.4. The zero-order chi connectivity index (χ0) is 41.7. The van der Waals surface area contributed by atoms with Crippen LogP contribution in [0, 0.1) is 24.2 Å². The Morgan fingerprint density at radius 2 is 1.76 bits per heavy atom. The van der Waals surface area contributed by atoms with E-state index in [-0.39, 0.29) is 64.9 Å². The van der Waals surface area contributed by atoms with Crippen molar-refractivity contribution in [2.75, 3.05) is 46.1 Å². The van der Waals surface area contributed by atoms with Crippen LogP contribution in [0.2, 0.25) is 0 Å². The number of hydrogen-bond acceptors (Lipinski definition) is 16. The second kappa shape index (κ2) is 21.3. The molecule has 1 unspecified atom stereocenters. The maximum absolute atomic E-state index is 13.1. The number of H-pyrrole nitrogens is 1. The summed E-state index contributed by atoms with van der Waals surface area (Å²) in [6.45, 7) is 15.7. The van der Waals surface area contributed by atoms with E-state index in [0.29, 0.717) is 18.5 Å². The molecule has 2 saturated heterocycles. The summed E-state index contributed by atoms with van der Waals surface area (Å²) in [5.41, 5.74) is -2.11. The van der Waals surface area contributed by atoms with Crippen molar-refractivity contribution in [2.24, 2.45) is 5.92 Å². The van der Waals surface area contributed by atoms with E-state index in [0.717, 1.165) is 0 Å². The molecule has 0 radical (unpaired) electrons. The van der Waals surface area contributed by atoms with Crippen molar-refractivity contribution in [1.82, 2.24) is 19.1 Å². The number of nitriles is 1. The van der Waals surface area contributed by atoms with Gasteiger partial charge in [-0.1, -0.05) is 6.92 Å². The third-order valence-electron chi connectivity index (χ3n) is 8.77. The molecule has 19 heteroatoms. The van der Waals surface area contributed by atoms with Crippen LogP contribution < -0.4 is 11.2 Å². The van der Waals surface area contributed by atoms with E-state index < -0.39 is 80.0 Å². The van der Waals surface area contributed by atoms with Gasteiger partial charge in [-0.3, -0.25) is 33.6 Å². The highest BCUT2D eigenvalue weighted by Crippen LogP contribution is 2.47. The molecule has 18 nitrogen and oxygen atoms in total. The highest BCUT2D eigenvalue weighted by atomic mass is 31.2. The van der Waals surface area contributed by atoms with Crippen molar-refractivity contribution in [3.05, 3.63) is 32.6 Å². The number of esters is 3. The van der Waals surface area contributed by atoms with Crippen LogP contribution in [-0.2, 0) is 51.9 Å². The van der Waals surface area contributed by atoms with E-state index in [9.17, 15) is 24.0 Å². The van der Waals surface area contributed by atoms with E-state index in [4.69, 9.17) is 44.1 Å². The fourth-order valence-electron chi connectivity index (χ4n) is 6.49. The average molecular weight is 801 g/mol. The summed E-state index contributed by atoms with van der Waals surface area (Å²) < 4.78 is 59.6. The second-order valence-corrected chi connectivity index (χ2v) is 15.8. The standard InChI is InChI=1S/C36H58N5O13P/c1-22(2)41(23(3)4)55(49-16-11-13-37)50-21-36(10)20-39(18-30(54-36)40-17-24(5)33(45)38-35(40)46)14-12-15-47-34-25(6)31(51-27(8)43)32(52-28(9)44)29(53-34)19-48-26(7)42/h17,22-23,25,29-32,34H,11-12,14-16,18-21H2,1-10H3,(H,38,45,46)/t25-,29-,30-,31-,32+,34-,36-,55?/m1/s1/i10D. The van der Waals surface area contributed by atoms with Crippen molar-refractivity contribution in [1.29, 1.82) is 5.26 Å². The Morgan fingerprint density at radius 1 is 1.09 bits per heavy atom. The summed E-state index contributed by atoms with van der Waals surface area (Å²) in [5, 5.41) is 9.14. The third-order valence-corrected chi connectivity index (χ3v) is 10.8. The summed E-state index contributed by atoms with van der Waals surface area (Å²) in [7, 11) is -1.67. The zero-order valence-corrected chi connectivity index (χ0v) is 34.2. The number of ether oxygens (including phenoxy) is 6. The molecule has 2 aliphatic rings. The van der Waals surface area contributed by atoms with Crippen LogP contribution in [0.1, 0.15) is 88.3 Å². The van der Waals surface area contributed by atoms with Gasteiger partial charge in [0.1, 0.15) is 24.4 Å². The molecule has 3 heterocycles. The van der Waals surface area contributed by atoms with Gasteiger partial charge in [-0.25, -0.2) is 9.46 Å². The van der Waals surface area contributed by atoms with Crippen molar-refractivity contribution in [3.63, 3.8) is 0 Å². The fraction of sp³-hybridized carbons (Fsp3) is 0.778. The zero-order valence-electron chi connectivity index (χ0n) is 34.3. The number of morpholine rings is 1. The van der Waals surface area contributed by atoms with Gasteiger partial charge in [0.05, 0.1) is 32.3 Å². The molecule has 1 aromatic heterocycles. The molecule has 2 fully saturated rings. The van der Waals surface area contributed by atoms with Gasteiger partial charge in [0, 0.05) is 71.5 Å². The largest absolute Gasteiger partial charge is 0.463 e. The summed E-state index contributed by atoms with van der Waals surface area (Å²) in [6.07, 6.45) is -2.78. The molecular weight excluding hydrogens is 741 g/mol. The Hall–Kier alpha value is -3.27. The molecule has 1 aromatic rings. The summed E-state index contributed by atoms with van der Waals surface area (Å²) in [6, 6.07) is 2.17. The fourth-order valence-corrected chi connectivity index (χ4v) is 8.18. The number of hydrogen-bond donors (Lipinski definition) is 1. The lowest BCUT2D eigenvalue weighted by Crippen LogP contribution is -2.58. The van der Waals surface area contributed by atoms with E-state index in [1.165, 1.54) is 31.5 Å². The van der Waals surface area contributed by atoms with Crippen LogP contribution in [0.25, 0.3) is 0 Å². The van der Waals surface area contributed by atoms with Gasteiger partial charge in [0.15, 0.2) is 18.6 Å². The minimum Gasteiger partial charge on any atom is -0.463 e. The van der Waals surface area contributed by atoms with E-state index in [1.807, 2.05) is 32.6 Å². The van der Waals surface area contributed by atoms with Crippen molar-refractivity contribution >= 4 is 26.4 Å². The third kappa shape index (κ3) is 13.7. The van der Waals surface area contributed by atoms with Crippen molar-refractivity contribution < 1.29 is 53.2 Å². The quantitative estimate of drug-likeness (QED) is 0.0923. The molecule has 0 bridgehead atoms. The molecule has 2 aliphatic heterocycles. The van der Waals surface area contributed by atoms with Crippen LogP contribution in [0.4, 0.5) is 0 Å². The maximum atomic E-state index is 13.1. The lowest BCUT2D eigenvalue weighted by molar-refractivity contribution is -0.289. The van der Waals surface area contributed by atoms with Crippen LogP contribution >= 0.6 is 8.53 Å². The van der Waals surface area contributed by atoms with Gasteiger partial charge in [0.2, 0.25) is 0 Å². The molecule has 0 aromatic carbocycles. The predicted molar refractivity (Wildman–Crippen MR) is 198 cm³/mol. The second-order valence-electron chi connectivity index (χ2n) is 14.4. The van der Waals surface area contributed by atoms with E-state index >= 15 is 0 Å². The Kier molecular flexibility index (Phi) is 17.2. The minimum absolute atomic E-state index is 0.0408. The van der Waals surface area contributed by atoms with Gasteiger partial charge >= 0.3 is 23.6 Å². The molecule has 1 N–H and O–H groups in total. The topological polar surface area (TPSA) is 210 Å². The molecule has 3 rings (SSSR count). The first kappa shape index (κ1) is 44.4. The number of aryl methyl sites for hydroxylation is 1. The molecule has 0 saturated carbocycles. The highest BCUT2D eigenvalue weighted by Gasteiger charge is 2.49. The lowest BCUT2D eigenvalue weighted by atomic mass is 9.92. The van der Waals surface area contributed by atoms with E-state index in [2.05, 4.69) is 15.7 Å². The Morgan fingerprint density at radius 3 is 2.36 bits per heavy atom. The van der Waals surface area contributed by atoms with Gasteiger partial charge in [0.25, 0.3) is 14.1 Å². The predicted octanol–water partition coefficient (Wildman–Crippen LogP) is 2.92. The maximum Gasteiger partial charge on any atom is 0.330 e. The van der Waals surface area contributed by atoms with Crippen LogP contribution in [-0.4, -0.2) is 125 Å². The van der Waals surface area contributed by atoms with E-state index in [1.54, 1.807) is 13.8 Å². The minimum atomic E-state index is -1.67. The lowest BCUT2D eigenvalue weighted by Gasteiger charge is -2.46. The number of carbonyl (C=O) groups excluding carboxylic acids is 3. The SMILES string of the molecule is [2H]C[C@]1(COP(OCCC#N)N(C(C)C)C(C)C)CN(CCCO[C@@H]2O[C@H](COC(C)=O)[C@H](OC(C)=O)[C@H](OC(C)=O)[C@H]2C)C[C@H](n2cc(C)c(=O)[nH]c2=O)O1. The Balaban J connectivity index is 1.84. The molecule has 55 heavy (non-hydrogen) atoms. The molecule has 0 aliphatic carbocycles. The highest BCUT2D eigenvalue weighted by molar-refractivity contribution is 7.44. The number of rotatable bonds is 19. The number of carbonyl (C=O) groups is 3. The molecular formula is C36H58N5O13P. The molecule has 310 valence electrons. The van der Waals surface area contributed by atoms with Crippen LogP contribution in [0.3, 0.4) is 0 Å². The Labute approximate surface area is 325 Å². The van der Waals surface area contributed by atoms with Gasteiger partial charge in [-0.15, -0.1) is 0 Å². The molecule has 8 atom stereocenters. The first-order valence-corrected chi connectivity index (χ1v) is 19.5. The summed E-state index contributed by atoms with van der Waals surface area (Å²) in [4.78, 5) is 65.3.